The van der Waals surface area contributed by atoms with E-state index in [4.69, 9.17) is 9.84 Å². The van der Waals surface area contributed by atoms with Crippen LogP contribution >= 0.6 is 0 Å². The van der Waals surface area contributed by atoms with Crippen molar-refractivity contribution in [2.45, 2.75) is 38.2 Å². The number of hydrogen-bond donors (Lipinski definition) is 1. The molecule has 0 aromatic rings. The van der Waals surface area contributed by atoms with E-state index in [1.54, 1.807) is 0 Å². The Bertz CT molecular complexity index is 261. The molecule has 2 fully saturated rings. The van der Waals surface area contributed by atoms with Crippen molar-refractivity contribution in [3.8, 4) is 0 Å². The zero-order valence-corrected chi connectivity index (χ0v) is 7.94. The molecule has 0 spiro atoms. The molecule has 1 aliphatic carbocycles. The van der Waals surface area contributed by atoms with E-state index in [0.717, 1.165) is 12.8 Å². The van der Waals surface area contributed by atoms with Gasteiger partial charge in [-0.3, -0.25) is 9.59 Å². The van der Waals surface area contributed by atoms with Crippen LogP contribution < -0.4 is 0 Å². The minimum Gasteiger partial charge on any atom is -0.481 e. The van der Waals surface area contributed by atoms with Crippen LogP contribution in [0.4, 0.5) is 0 Å². The van der Waals surface area contributed by atoms with Gasteiger partial charge in [0.1, 0.15) is 6.10 Å². The second-order valence-electron chi connectivity index (χ2n) is 4.17. The summed E-state index contributed by atoms with van der Waals surface area (Å²) in [6.45, 7) is 0. The Balaban J connectivity index is 1.89. The zero-order valence-electron chi connectivity index (χ0n) is 7.94. The lowest BCUT2D eigenvalue weighted by atomic mass is 9.89. The lowest BCUT2D eigenvalue weighted by molar-refractivity contribution is -0.141. The van der Waals surface area contributed by atoms with Gasteiger partial charge >= 0.3 is 11.9 Å². The van der Waals surface area contributed by atoms with Gasteiger partial charge in [0.2, 0.25) is 0 Å². The molecule has 78 valence electrons. The Morgan fingerprint density at radius 3 is 3.00 bits per heavy atom. The summed E-state index contributed by atoms with van der Waals surface area (Å²) >= 11 is 0. The van der Waals surface area contributed by atoms with E-state index in [0.29, 0.717) is 24.7 Å². The number of carboxylic acids is 1. The fourth-order valence-electron chi connectivity index (χ4n) is 2.63. The van der Waals surface area contributed by atoms with Gasteiger partial charge in [-0.2, -0.15) is 0 Å². The first kappa shape index (κ1) is 9.49. The van der Waals surface area contributed by atoms with Gasteiger partial charge in [0.05, 0.1) is 6.42 Å². The number of fused-ring (bicyclic) bond motifs is 1. The van der Waals surface area contributed by atoms with E-state index >= 15 is 0 Å². The molecule has 0 radical (unpaired) electrons. The second-order valence-corrected chi connectivity index (χ2v) is 4.17. The van der Waals surface area contributed by atoms with Crippen LogP contribution in [0.5, 0.6) is 0 Å². The Morgan fingerprint density at radius 1 is 1.50 bits per heavy atom. The normalized spacial score (nSPS) is 35.4. The molecule has 1 aliphatic heterocycles. The maximum Gasteiger partial charge on any atom is 0.306 e. The first-order valence-electron chi connectivity index (χ1n) is 5.08. The Kier molecular flexibility index (Phi) is 2.44. The van der Waals surface area contributed by atoms with Gasteiger partial charge in [0.15, 0.2) is 0 Å². The third-order valence-corrected chi connectivity index (χ3v) is 3.32. The fourth-order valence-corrected chi connectivity index (χ4v) is 2.63. The smallest absolute Gasteiger partial charge is 0.306 e. The Morgan fingerprint density at radius 2 is 2.29 bits per heavy atom. The molecule has 0 amide bonds. The molecule has 14 heavy (non-hydrogen) atoms. The third kappa shape index (κ3) is 1.74. The fraction of sp³-hybridized carbons (Fsp3) is 0.800. The lowest BCUT2D eigenvalue weighted by Gasteiger charge is -2.14. The van der Waals surface area contributed by atoms with Crippen molar-refractivity contribution in [2.75, 3.05) is 0 Å². The molecule has 1 saturated carbocycles. The standard InChI is InChI=1S/C10H14O4/c11-9(12)4-2-6-1-3-8-7(6)5-10(13)14-8/h6-8H,1-5H2,(H,11,12)/t6-,7+,8-/m0/s1. The zero-order chi connectivity index (χ0) is 10.1. The van der Waals surface area contributed by atoms with Crippen LogP contribution in [-0.4, -0.2) is 23.1 Å². The van der Waals surface area contributed by atoms with Gasteiger partial charge in [0.25, 0.3) is 0 Å². The molecule has 1 heterocycles. The van der Waals surface area contributed by atoms with Crippen molar-refractivity contribution >= 4 is 11.9 Å². The molecule has 4 nitrogen and oxygen atoms in total. The van der Waals surface area contributed by atoms with Crippen LogP contribution in [0.3, 0.4) is 0 Å². The largest absolute Gasteiger partial charge is 0.481 e. The van der Waals surface area contributed by atoms with Crippen molar-refractivity contribution < 1.29 is 19.4 Å². The maximum absolute atomic E-state index is 11.0. The van der Waals surface area contributed by atoms with Crippen molar-refractivity contribution in [2.24, 2.45) is 11.8 Å². The minimum atomic E-state index is -0.751. The summed E-state index contributed by atoms with van der Waals surface area (Å²) in [7, 11) is 0. The number of carboxylic acid groups (broad SMARTS) is 1. The average Bonchev–Trinajstić information content (AvgIpc) is 2.60. The van der Waals surface area contributed by atoms with Crippen LogP contribution in [-0.2, 0) is 14.3 Å². The van der Waals surface area contributed by atoms with E-state index in [1.165, 1.54) is 0 Å². The summed E-state index contributed by atoms with van der Waals surface area (Å²) in [5, 5.41) is 8.57. The van der Waals surface area contributed by atoms with Gasteiger partial charge < -0.3 is 9.84 Å². The molecule has 0 unspecified atom stereocenters. The van der Waals surface area contributed by atoms with Gasteiger partial charge in [-0.05, 0) is 25.2 Å². The van der Waals surface area contributed by atoms with Crippen molar-refractivity contribution in [3.05, 3.63) is 0 Å². The molecule has 0 aromatic heterocycles. The number of carbonyl (C=O) groups is 2. The highest BCUT2D eigenvalue weighted by molar-refractivity contribution is 5.72. The number of aliphatic carboxylic acids is 1. The van der Waals surface area contributed by atoms with Gasteiger partial charge in [-0.15, -0.1) is 0 Å². The highest BCUT2D eigenvalue weighted by Gasteiger charge is 2.44. The maximum atomic E-state index is 11.0. The van der Waals surface area contributed by atoms with Crippen LogP contribution in [0, 0.1) is 11.8 Å². The lowest BCUT2D eigenvalue weighted by Crippen LogP contribution is -2.14. The highest BCUT2D eigenvalue weighted by atomic mass is 16.6. The SMILES string of the molecule is O=C(O)CC[C@@H]1CC[C@@H]2OC(=O)C[C@H]12. The number of hydrogen-bond acceptors (Lipinski definition) is 3. The van der Waals surface area contributed by atoms with Crippen LogP contribution in [0.2, 0.25) is 0 Å². The van der Waals surface area contributed by atoms with Crippen molar-refractivity contribution in [1.29, 1.82) is 0 Å². The first-order valence-corrected chi connectivity index (χ1v) is 5.08. The second kappa shape index (κ2) is 3.59. The van der Waals surface area contributed by atoms with E-state index in [2.05, 4.69) is 0 Å². The summed E-state index contributed by atoms with van der Waals surface area (Å²) in [6, 6.07) is 0. The summed E-state index contributed by atoms with van der Waals surface area (Å²) in [4.78, 5) is 21.4. The monoisotopic (exact) mass is 198 g/mol. The first-order chi connectivity index (χ1) is 6.66. The summed E-state index contributed by atoms with van der Waals surface area (Å²) in [6.07, 6.45) is 3.40. The Labute approximate surface area is 82.2 Å². The molecule has 1 saturated heterocycles. The molecule has 2 aliphatic rings. The molecule has 2 rings (SSSR count). The molecular weight excluding hydrogens is 184 g/mol. The Hall–Kier alpha value is -1.06. The van der Waals surface area contributed by atoms with Gasteiger partial charge in [0, 0.05) is 12.3 Å². The quantitative estimate of drug-likeness (QED) is 0.692. The molecule has 1 N–H and O–H groups in total. The van der Waals surface area contributed by atoms with E-state index in [9.17, 15) is 9.59 Å². The molecule has 0 aromatic carbocycles. The number of ether oxygens (including phenoxy) is 1. The van der Waals surface area contributed by atoms with Crippen LogP contribution in [0.1, 0.15) is 32.1 Å². The van der Waals surface area contributed by atoms with Crippen LogP contribution in [0.15, 0.2) is 0 Å². The van der Waals surface area contributed by atoms with Crippen molar-refractivity contribution in [1.82, 2.24) is 0 Å². The highest BCUT2D eigenvalue weighted by Crippen LogP contribution is 2.42. The average molecular weight is 198 g/mol. The van der Waals surface area contributed by atoms with E-state index < -0.39 is 5.97 Å². The third-order valence-electron chi connectivity index (χ3n) is 3.32. The topological polar surface area (TPSA) is 63.6 Å². The number of rotatable bonds is 3. The molecule has 3 atom stereocenters. The molecule has 4 heteroatoms. The van der Waals surface area contributed by atoms with Gasteiger partial charge in [-0.1, -0.05) is 0 Å². The summed E-state index contributed by atoms with van der Waals surface area (Å²) in [5.74, 6) is -0.192. The van der Waals surface area contributed by atoms with Crippen LogP contribution in [0.25, 0.3) is 0 Å². The minimum absolute atomic E-state index is 0.0845. The summed E-state index contributed by atoms with van der Waals surface area (Å²) in [5.41, 5.74) is 0. The van der Waals surface area contributed by atoms with Crippen molar-refractivity contribution in [3.63, 3.8) is 0 Å². The van der Waals surface area contributed by atoms with Gasteiger partial charge in [-0.25, -0.2) is 0 Å². The van der Waals surface area contributed by atoms with E-state index in [1.807, 2.05) is 0 Å². The number of carbonyl (C=O) groups excluding carboxylic acids is 1. The number of esters is 1. The van der Waals surface area contributed by atoms with E-state index in [-0.39, 0.29) is 18.5 Å². The summed E-state index contributed by atoms with van der Waals surface area (Å²) < 4.78 is 5.14. The predicted octanol–water partition coefficient (Wildman–Crippen LogP) is 1.19. The molecule has 0 bridgehead atoms. The predicted molar refractivity (Wildman–Crippen MR) is 47.6 cm³/mol. The molecular formula is C10H14O4.